The quantitative estimate of drug-likeness (QED) is 0.600. The topological polar surface area (TPSA) is 110 Å². The first kappa shape index (κ1) is 19.1. The average molecular weight is 410 g/mol. The normalized spacial score (nSPS) is 17.2. The van der Waals surface area contributed by atoms with E-state index in [2.05, 4.69) is 5.32 Å². The zero-order chi connectivity index (χ0) is 19.8. The molecule has 0 bridgehead atoms. The summed E-state index contributed by atoms with van der Waals surface area (Å²) in [6, 6.07) is 9.79. The number of amides is 1. The van der Waals surface area contributed by atoms with Gasteiger partial charge in [0.2, 0.25) is 5.91 Å². The molecule has 0 saturated carbocycles. The fourth-order valence-electron chi connectivity index (χ4n) is 2.92. The first-order chi connectivity index (χ1) is 12.7. The minimum absolute atomic E-state index is 0.0960. The number of hydrogen-bond acceptors (Lipinski definition) is 6. The minimum atomic E-state index is -3.58. The molecule has 0 aliphatic carbocycles. The first-order valence-electron chi connectivity index (χ1n) is 7.99. The van der Waals surface area contributed by atoms with Gasteiger partial charge in [-0.1, -0.05) is 17.7 Å². The van der Waals surface area contributed by atoms with Gasteiger partial charge in [0.15, 0.2) is 9.84 Å². The Kier molecular flexibility index (Phi) is 5.07. The lowest BCUT2D eigenvalue weighted by atomic mass is 10.2. The highest BCUT2D eigenvalue weighted by molar-refractivity contribution is 7.90. The molecule has 3 rings (SSSR count). The van der Waals surface area contributed by atoms with Crippen LogP contribution in [0.5, 0.6) is 0 Å². The Balaban J connectivity index is 1.85. The van der Waals surface area contributed by atoms with Crippen molar-refractivity contribution in [3.05, 3.63) is 57.6 Å². The van der Waals surface area contributed by atoms with Crippen LogP contribution in [0.3, 0.4) is 0 Å². The maximum atomic E-state index is 12.7. The number of anilines is 2. The van der Waals surface area contributed by atoms with Gasteiger partial charge in [0.05, 0.1) is 9.82 Å². The molecule has 10 heteroatoms. The van der Waals surface area contributed by atoms with E-state index in [4.69, 9.17) is 11.6 Å². The second-order valence-corrected chi connectivity index (χ2v) is 8.62. The van der Waals surface area contributed by atoms with Crippen LogP contribution in [0.4, 0.5) is 17.1 Å². The summed E-state index contributed by atoms with van der Waals surface area (Å²) in [6.07, 6.45) is 1.42. The van der Waals surface area contributed by atoms with Crippen molar-refractivity contribution < 1.29 is 18.1 Å². The van der Waals surface area contributed by atoms with Crippen LogP contribution in [0, 0.1) is 10.1 Å². The Morgan fingerprint density at radius 2 is 2.00 bits per heavy atom. The molecule has 2 aromatic carbocycles. The van der Waals surface area contributed by atoms with Crippen molar-refractivity contribution in [2.45, 2.75) is 17.4 Å². The van der Waals surface area contributed by atoms with Crippen molar-refractivity contribution in [2.24, 2.45) is 0 Å². The second kappa shape index (κ2) is 7.16. The molecule has 1 amide bonds. The van der Waals surface area contributed by atoms with Gasteiger partial charge in [-0.15, -0.1) is 0 Å². The summed E-state index contributed by atoms with van der Waals surface area (Å²) in [5.74, 6) is -0.237. The number of nitrogens with one attached hydrogen (secondary N) is 1. The molecule has 0 aromatic heterocycles. The number of halogens is 1. The van der Waals surface area contributed by atoms with E-state index in [1.54, 1.807) is 29.2 Å². The van der Waals surface area contributed by atoms with Crippen LogP contribution in [0.2, 0.25) is 5.02 Å². The fourth-order valence-corrected chi connectivity index (χ4v) is 3.74. The Bertz CT molecular complexity index is 1020. The molecule has 1 N–H and O–H groups in total. The number of rotatable bonds is 5. The van der Waals surface area contributed by atoms with Crippen molar-refractivity contribution in [1.29, 1.82) is 0 Å². The van der Waals surface area contributed by atoms with E-state index in [9.17, 15) is 23.3 Å². The lowest BCUT2D eigenvalue weighted by molar-refractivity contribution is -0.384. The van der Waals surface area contributed by atoms with E-state index in [1.165, 1.54) is 12.1 Å². The largest absolute Gasteiger partial charge is 0.368 e. The molecule has 1 unspecified atom stereocenters. The third-order valence-corrected chi connectivity index (χ3v) is 5.59. The molecule has 1 aliphatic rings. The summed E-state index contributed by atoms with van der Waals surface area (Å²) in [7, 11) is -3.58. The van der Waals surface area contributed by atoms with Gasteiger partial charge >= 0.3 is 0 Å². The minimum Gasteiger partial charge on any atom is -0.368 e. The summed E-state index contributed by atoms with van der Waals surface area (Å²) < 4.78 is 23.3. The molecule has 0 spiro atoms. The van der Waals surface area contributed by atoms with Gasteiger partial charge in [0, 0.05) is 29.6 Å². The Morgan fingerprint density at radius 1 is 1.26 bits per heavy atom. The Morgan fingerprint density at radius 3 is 2.63 bits per heavy atom. The zero-order valence-corrected chi connectivity index (χ0v) is 15.8. The lowest BCUT2D eigenvalue weighted by Gasteiger charge is -2.18. The van der Waals surface area contributed by atoms with Gasteiger partial charge < -0.3 is 10.2 Å². The van der Waals surface area contributed by atoms with Gasteiger partial charge in [-0.05, 0) is 36.8 Å². The summed E-state index contributed by atoms with van der Waals surface area (Å²) >= 11 is 5.97. The smallest absolute Gasteiger partial charge is 0.293 e. The van der Waals surface area contributed by atoms with Gasteiger partial charge in [-0.2, -0.15) is 0 Å². The van der Waals surface area contributed by atoms with E-state index >= 15 is 0 Å². The van der Waals surface area contributed by atoms with Crippen LogP contribution in [-0.2, 0) is 14.6 Å². The van der Waals surface area contributed by atoms with Crippen LogP contribution < -0.4 is 10.2 Å². The van der Waals surface area contributed by atoms with Crippen molar-refractivity contribution in [3.63, 3.8) is 0 Å². The highest BCUT2D eigenvalue weighted by atomic mass is 35.5. The maximum Gasteiger partial charge on any atom is 0.293 e. The molecular weight excluding hydrogens is 394 g/mol. The summed E-state index contributed by atoms with van der Waals surface area (Å²) in [5, 5.41) is 14.7. The van der Waals surface area contributed by atoms with E-state index in [1.807, 2.05) is 0 Å². The van der Waals surface area contributed by atoms with Gasteiger partial charge in [0.1, 0.15) is 11.7 Å². The first-order valence-corrected chi connectivity index (χ1v) is 10.3. The molecule has 1 saturated heterocycles. The summed E-state index contributed by atoms with van der Waals surface area (Å²) in [5.41, 5.74) is 0.351. The second-order valence-electron chi connectivity index (χ2n) is 6.16. The van der Waals surface area contributed by atoms with Crippen LogP contribution in [0.15, 0.2) is 47.4 Å². The Hall–Kier alpha value is -2.65. The molecule has 1 atom stereocenters. The number of nitrogens with zero attached hydrogens (tertiary/aromatic N) is 2. The SMILES string of the molecule is CS(=O)(=O)c1ccc(NC2CCN(c3cccc(Cl)c3)C2=O)c([N+](=O)[O-])c1. The molecule has 8 nitrogen and oxygen atoms in total. The molecular formula is C17H16ClN3O5S. The molecule has 1 aliphatic heterocycles. The van der Waals surface area contributed by atoms with Crippen molar-refractivity contribution >= 4 is 44.4 Å². The standard InChI is InChI=1S/C17H16ClN3O5S/c1-27(25,26)13-5-6-14(16(10-13)21(23)24)19-15-7-8-20(17(15)22)12-4-2-3-11(18)9-12/h2-6,9-10,15,19H,7-8H2,1H3. The summed E-state index contributed by atoms with van der Waals surface area (Å²) in [6.45, 7) is 0.437. The highest BCUT2D eigenvalue weighted by Gasteiger charge is 2.34. The highest BCUT2D eigenvalue weighted by Crippen LogP contribution is 2.31. The van der Waals surface area contributed by atoms with E-state index in [0.717, 1.165) is 12.3 Å². The third kappa shape index (κ3) is 4.04. The molecule has 1 fully saturated rings. The van der Waals surface area contributed by atoms with E-state index in [-0.39, 0.29) is 16.5 Å². The van der Waals surface area contributed by atoms with Crippen molar-refractivity contribution in [3.8, 4) is 0 Å². The predicted molar refractivity (Wildman–Crippen MR) is 102 cm³/mol. The van der Waals surface area contributed by atoms with Gasteiger partial charge in [-0.3, -0.25) is 14.9 Å². The molecule has 1 heterocycles. The van der Waals surface area contributed by atoms with E-state index < -0.39 is 26.5 Å². The molecule has 27 heavy (non-hydrogen) atoms. The molecule has 2 aromatic rings. The number of benzene rings is 2. The van der Waals surface area contributed by atoms with Gasteiger partial charge in [0.25, 0.3) is 5.69 Å². The number of nitro benzene ring substituents is 1. The van der Waals surface area contributed by atoms with Crippen LogP contribution in [0.1, 0.15) is 6.42 Å². The number of sulfone groups is 1. The van der Waals surface area contributed by atoms with Crippen LogP contribution in [0.25, 0.3) is 0 Å². The number of carbonyl (C=O) groups excluding carboxylic acids is 1. The Labute approximate surface area is 160 Å². The van der Waals surface area contributed by atoms with Crippen LogP contribution in [-0.4, -0.2) is 38.1 Å². The van der Waals surface area contributed by atoms with E-state index in [0.29, 0.717) is 23.7 Å². The fraction of sp³-hybridized carbons (Fsp3) is 0.235. The summed E-state index contributed by atoms with van der Waals surface area (Å²) in [4.78, 5) is 24.7. The monoisotopic (exact) mass is 409 g/mol. The lowest BCUT2D eigenvalue weighted by Crippen LogP contribution is -2.33. The molecule has 142 valence electrons. The number of carbonyl (C=O) groups is 1. The average Bonchev–Trinajstić information content (AvgIpc) is 2.95. The van der Waals surface area contributed by atoms with Gasteiger partial charge in [-0.25, -0.2) is 8.42 Å². The van der Waals surface area contributed by atoms with Crippen molar-refractivity contribution in [2.75, 3.05) is 23.0 Å². The predicted octanol–water partition coefficient (Wildman–Crippen LogP) is 2.87. The molecule has 0 radical (unpaired) electrons. The van der Waals surface area contributed by atoms with Crippen molar-refractivity contribution in [1.82, 2.24) is 0 Å². The number of nitro groups is 1. The number of hydrogen-bond donors (Lipinski definition) is 1. The van der Waals surface area contributed by atoms with Crippen LogP contribution >= 0.6 is 11.6 Å². The third-order valence-electron chi connectivity index (χ3n) is 4.25. The maximum absolute atomic E-state index is 12.7. The zero-order valence-electron chi connectivity index (χ0n) is 14.3.